The molecule has 0 heterocycles. The Kier molecular flexibility index (Phi) is 2.90. The minimum Gasteiger partial charge on any atom is -0.492 e. The van der Waals surface area contributed by atoms with E-state index in [1.807, 2.05) is 0 Å². The highest BCUT2D eigenvalue weighted by Gasteiger charge is 2.09. The first-order chi connectivity index (χ1) is 5.16. The lowest BCUT2D eigenvalue weighted by molar-refractivity contribution is 0.382. The number of benzene rings is 1. The summed E-state index contributed by atoms with van der Waals surface area (Å²) >= 11 is 6.20. The van der Waals surface area contributed by atoms with E-state index in [4.69, 9.17) is 4.74 Å². The van der Waals surface area contributed by atoms with E-state index in [0.29, 0.717) is 8.95 Å². The van der Waals surface area contributed by atoms with Crippen LogP contribution >= 0.6 is 31.9 Å². The number of methoxy groups -OCH3 is 1. The van der Waals surface area contributed by atoms with Crippen LogP contribution in [-0.4, -0.2) is 7.11 Å². The highest BCUT2D eigenvalue weighted by molar-refractivity contribution is 9.11. The maximum Gasteiger partial charge on any atom is 0.180 e. The van der Waals surface area contributed by atoms with Gasteiger partial charge >= 0.3 is 0 Å². The van der Waals surface area contributed by atoms with Crippen molar-refractivity contribution in [3.8, 4) is 5.75 Å². The molecule has 0 amide bonds. The minimum atomic E-state index is -0.387. The zero-order chi connectivity index (χ0) is 8.43. The Labute approximate surface area is 80.8 Å². The van der Waals surface area contributed by atoms with Gasteiger partial charge in [0.1, 0.15) is 0 Å². The van der Waals surface area contributed by atoms with Crippen LogP contribution in [0, 0.1) is 5.82 Å². The summed E-state index contributed by atoms with van der Waals surface area (Å²) in [5, 5.41) is 0. The van der Waals surface area contributed by atoms with Gasteiger partial charge in [-0.1, -0.05) is 0 Å². The highest BCUT2D eigenvalue weighted by atomic mass is 79.9. The molecule has 4 heteroatoms. The number of ether oxygens (including phenoxy) is 1. The van der Waals surface area contributed by atoms with Gasteiger partial charge in [0.2, 0.25) is 0 Å². The van der Waals surface area contributed by atoms with Crippen LogP contribution in [0.4, 0.5) is 4.39 Å². The van der Waals surface area contributed by atoms with Gasteiger partial charge in [0.05, 0.1) is 16.1 Å². The Bertz CT molecular complexity index is 275. The molecule has 0 aromatic heterocycles. The lowest BCUT2D eigenvalue weighted by Crippen LogP contribution is -1.89. The molecular weight excluding hydrogens is 279 g/mol. The summed E-state index contributed by atoms with van der Waals surface area (Å²) in [5.74, 6) is -0.166. The molecule has 0 aliphatic carbocycles. The van der Waals surface area contributed by atoms with Crippen LogP contribution in [0.3, 0.4) is 0 Å². The standard InChI is InChI=1S/C7H5Br2FO/c1-11-7-5(9)3-2-4(8)6(7)10/h2-3H,1H3. The Morgan fingerprint density at radius 3 is 2.27 bits per heavy atom. The van der Waals surface area contributed by atoms with E-state index in [2.05, 4.69) is 31.9 Å². The van der Waals surface area contributed by atoms with Crippen LogP contribution < -0.4 is 4.74 Å². The molecule has 0 unspecified atom stereocenters. The van der Waals surface area contributed by atoms with Gasteiger partial charge in [-0.25, -0.2) is 4.39 Å². The summed E-state index contributed by atoms with van der Waals surface area (Å²) in [6.07, 6.45) is 0. The van der Waals surface area contributed by atoms with Gasteiger partial charge in [-0.3, -0.25) is 0 Å². The van der Waals surface area contributed by atoms with Crippen molar-refractivity contribution in [2.75, 3.05) is 7.11 Å². The maximum absolute atomic E-state index is 13.1. The molecule has 0 N–H and O–H groups in total. The normalized spacial score (nSPS) is 9.82. The second-order valence-electron chi connectivity index (χ2n) is 1.88. The summed E-state index contributed by atoms with van der Waals surface area (Å²) in [6, 6.07) is 3.33. The second kappa shape index (κ2) is 3.54. The molecule has 0 atom stereocenters. The first kappa shape index (κ1) is 9.00. The molecule has 0 spiro atoms. The lowest BCUT2D eigenvalue weighted by atomic mass is 10.3. The minimum absolute atomic E-state index is 0.222. The molecule has 1 nitrogen and oxygen atoms in total. The Morgan fingerprint density at radius 1 is 1.27 bits per heavy atom. The monoisotopic (exact) mass is 282 g/mol. The van der Waals surface area contributed by atoms with E-state index >= 15 is 0 Å². The van der Waals surface area contributed by atoms with Gasteiger partial charge < -0.3 is 4.74 Å². The molecule has 1 rings (SSSR count). The number of hydrogen-bond acceptors (Lipinski definition) is 1. The van der Waals surface area contributed by atoms with E-state index in [9.17, 15) is 4.39 Å². The molecule has 11 heavy (non-hydrogen) atoms. The van der Waals surface area contributed by atoms with E-state index in [1.54, 1.807) is 12.1 Å². The first-order valence-corrected chi connectivity index (χ1v) is 4.43. The fourth-order valence-corrected chi connectivity index (χ4v) is 1.48. The van der Waals surface area contributed by atoms with Crippen LogP contribution in [0.15, 0.2) is 21.1 Å². The van der Waals surface area contributed by atoms with Crippen LogP contribution in [-0.2, 0) is 0 Å². The molecule has 0 saturated heterocycles. The maximum atomic E-state index is 13.1. The fraction of sp³-hybridized carbons (Fsp3) is 0.143. The molecule has 0 fully saturated rings. The van der Waals surface area contributed by atoms with Crippen LogP contribution in [0.5, 0.6) is 5.75 Å². The van der Waals surface area contributed by atoms with Gasteiger partial charge in [0.25, 0.3) is 0 Å². The van der Waals surface area contributed by atoms with Gasteiger partial charge in [0, 0.05) is 0 Å². The van der Waals surface area contributed by atoms with E-state index in [0.717, 1.165) is 0 Å². The third-order valence-electron chi connectivity index (χ3n) is 1.21. The summed E-state index contributed by atoms with van der Waals surface area (Å²) in [5.41, 5.74) is 0. The molecule has 0 bridgehead atoms. The molecule has 0 aliphatic rings. The number of rotatable bonds is 1. The van der Waals surface area contributed by atoms with Crippen LogP contribution in [0.2, 0.25) is 0 Å². The topological polar surface area (TPSA) is 9.23 Å². The first-order valence-electron chi connectivity index (χ1n) is 2.84. The zero-order valence-electron chi connectivity index (χ0n) is 5.70. The van der Waals surface area contributed by atoms with Crippen molar-refractivity contribution < 1.29 is 9.13 Å². The van der Waals surface area contributed by atoms with Crippen molar-refractivity contribution in [3.05, 3.63) is 26.9 Å². The predicted molar refractivity (Wildman–Crippen MR) is 48.4 cm³/mol. The third kappa shape index (κ3) is 1.73. The van der Waals surface area contributed by atoms with Crippen molar-refractivity contribution >= 4 is 31.9 Å². The molecular formula is C7H5Br2FO. The van der Waals surface area contributed by atoms with Crippen molar-refractivity contribution in [1.82, 2.24) is 0 Å². The quantitative estimate of drug-likeness (QED) is 0.718. The largest absolute Gasteiger partial charge is 0.492 e. The third-order valence-corrected chi connectivity index (χ3v) is 2.44. The Hall–Kier alpha value is -0.0900. The fourth-order valence-electron chi connectivity index (χ4n) is 0.696. The van der Waals surface area contributed by atoms with Crippen LogP contribution in [0.1, 0.15) is 0 Å². The molecule has 1 aromatic carbocycles. The average molecular weight is 284 g/mol. The molecule has 60 valence electrons. The Balaban J connectivity index is 3.29. The van der Waals surface area contributed by atoms with Gasteiger partial charge in [-0.05, 0) is 44.0 Å². The molecule has 0 radical (unpaired) electrons. The summed E-state index contributed by atoms with van der Waals surface area (Å²) in [6.45, 7) is 0. The van der Waals surface area contributed by atoms with E-state index < -0.39 is 0 Å². The highest BCUT2D eigenvalue weighted by Crippen LogP contribution is 2.32. The Morgan fingerprint density at radius 2 is 1.82 bits per heavy atom. The SMILES string of the molecule is COc1c(Br)ccc(Br)c1F. The smallest absolute Gasteiger partial charge is 0.180 e. The van der Waals surface area contributed by atoms with E-state index in [1.165, 1.54) is 7.11 Å². The summed E-state index contributed by atoms with van der Waals surface area (Å²) < 4.78 is 18.9. The van der Waals surface area contributed by atoms with Crippen molar-refractivity contribution in [2.45, 2.75) is 0 Å². The zero-order valence-corrected chi connectivity index (χ0v) is 8.87. The van der Waals surface area contributed by atoms with Crippen molar-refractivity contribution in [1.29, 1.82) is 0 Å². The average Bonchev–Trinajstić information content (AvgIpc) is 1.99. The van der Waals surface area contributed by atoms with Crippen molar-refractivity contribution in [3.63, 3.8) is 0 Å². The number of hydrogen-bond donors (Lipinski definition) is 0. The van der Waals surface area contributed by atoms with Crippen LogP contribution in [0.25, 0.3) is 0 Å². The number of halogens is 3. The molecule has 1 aromatic rings. The molecule has 0 saturated carbocycles. The van der Waals surface area contributed by atoms with E-state index in [-0.39, 0.29) is 11.6 Å². The summed E-state index contributed by atoms with van der Waals surface area (Å²) in [4.78, 5) is 0. The predicted octanol–water partition coefficient (Wildman–Crippen LogP) is 3.36. The van der Waals surface area contributed by atoms with Crippen molar-refractivity contribution in [2.24, 2.45) is 0 Å². The van der Waals surface area contributed by atoms with Gasteiger partial charge in [-0.15, -0.1) is 0 Å². The van der Waals surface area contributed by atoms with Gasteiger partial charge in [-0.2, -0.15) is 0 Å². The lowest BCUT2D eigenvalue weighted by Gasteiger charge is -2.04. The summed E-state index contributed by atoms with van der Waals surface area (Å²) in [7, 11) is 1.43. The molecule has 0 aliphatic heterocycles. The second-order valence-corrected chi connectivity index (χ2v) is 3.59. The van der Waals surface area contributed by atoms with Gasteiger partial charge in [0.15, 0.2) is 11.6 Å².